The standard InChI is InChI=1S/C25H21FN2O7S/c1-34-17-8-3-14(4-9-17)22-21(23(29)19-13-15(26)5-12-20(19)35-2)24(30)25(31)28(22)16-6-10-18(11-7-16)36(27,32)33/h3-13,22,29H,1-2H3,(H2,27,32,33)/b23-21+. The van der Waals surface area contributed by atoms with Crippen molar-refractivity contribution in [3.05, 3.63) is 89.2 Å². The molecule has 1 aliphatic heterocycles. The van der Waals surface area contributed by atoms with Gasteiger partial charge in [-0.15, -0.1) is 0 Å². The molecule has 1 atom stereocenters. The fraction of sp³-hybridized carbons (Fsp3) is 0.120. The van der Waals surface area contributed by atoms with E-state index in [0.29, 0.717) is 11.3 Å². The van der Waals surface area contributed by atoms with Gasteiger partial charge in [0, 0.05) is 5.69 Å². The van der Waals surface area contributed by atoms with Crippen LogP contribution >= 0.6 is 0 Å². The van der Waals surface area contributed by atoms with Crippen molar-refractivity contribution >= 4 is 33.2 Å². The molecular formula is C25H21FN2O7S. The number of ketones is 1. The number of carbonyl (C=O) groups excluding carboxylic acids is 2. The predicted molar refractivity (Wildman–Crippen MR) is 129 cm³/mol. The van der Waals surface area contributed by atoms with Gasteiger partial charge in [0.15, 0.2) is 0 Å². The first-order valence-electron chi connectivity index (χ1n) is 10.5. The van der Waals surface area contributed by atoms with E-state index in [4.69, 9.17) is 14.6 Å². The highest BCUT2D eigenvalue weighted by atomic mass is 32.2. The number of hydrogen-bond donors (Lipinski definition) is 2. The first-order chi connectivity index (χ1) is 17.1. The highest BCUT2D eigenvalue weighted by Crippen LogP contribution is 2.43. The van der Waals surface area contributed by atoms with Crippen molar-refractivity contribution in [1.29, 1.82) is 0 Å². The van der Waals surface area contributed by atoms with Crippen LogP contribution in [0.5, 0.6) is 11.5 Å². The Hall–Kier alpha value is -4.22. The van der Waals surface area contributed by atoms with Crippen molar-refractivity contribution in [2.45, 2.75) is 10.9 Å². The van der Waals surface area contributed by atoms with Crippen LogP contribution in [0, 0.1) is 5.82 Å². The predicted octanol–water partition coefficient (Wildman–Crippen LogP) is 3.12. The second-order valence-corrected chi connectivity index (χ2v) is 9.39. The van der Waals surface area contributed by atoms with Crippen molar-refractivity contribution in [2.24, 2.45) is 5.14 Å². The molecular weight excluding hydrogens is 491 g/mol. The average molecular weight is 513 g/mol. The number of halogens is 1. The summed E-state index contributed by atoms with van der Waals surface area (Å²) in [4.78, 5) is 27.4. The van der Waals surface area contributed by atoms with E-state index in [-0.39, 0.29) is 27.5 Å². The SMILES string of the molecule is COc1ccc(C2/C(=C(\O)c3cc(F)ccc3OC)C(=O)C(=O)N2c2ccc(S(N)(=O)=O)cc2)cc1. The van der Waals surface area contributed by atoms with Gasteiger partial charge in [0.05, 0.1) is 36.3 Å². The minimum absolute atomic E-state index is 0.0890. The second kappa shape index (κ2) is 9.44. The third-order valence-electron chi connectivity index (χ3n) is 5.74. The Morgan fingerprint density at radius 3 is 2.17 bits per heavy atom. The fourth-order valence-electron chi connectivity index (χ4n) is 4.01. The Morgan fingerprint density at radius 2 is 1.61 bits per heavy atom. The van der Waals surface area contributed by atoms with Gasteiger partial charge >= 0.3 is 0 Å². The number of nitrogens with zero attached hydrogens (tertiary/aromatic N) is 1. The number of aliphatic hydroxyl groups is 1. The number of nitrogens with two attached hydrogens (primary N) is 1. The minimum Gasteiger partial charge on any atom is -0.507 e. The topological polar surface area (TPSA) is 136 Å². The van der Waals surface area contributed by atoms with Gasteiger partial charge in [-0.3, -0.25) is 14.5 Å². The summed E-state index contributed by atoms with van der Waals surface area (Å²) in [5.74, 6) is -2.71. The summed E-state index contributed by atoms with van der Waals surface area (Å²) < 4.78 is 47.8. The van der Waals surface area contributed by atoms with Crippen LogP contribution < -0.4 is 19.5 Å². The van der Waals surface area contributed by atoms with Crippen molar-refractivity contribution < 1.29 is 37.0 Å². The summed E-state index contributed by atoms with van der Waals surface area (Å²) in [6.07, 6.45) is 0. The van der Waals surface area contributed by atoms with Crippen molar-refractivity contribution in [2.75, 3.05) is 19.1 Å². The first kappa shape index (κ1) is 24.9. The zero-order valence-corrected chi connectivity index (χ0v) is 20.0. The van der Waals surface area contributed by atoms with E-state index in [2.05, 4.69) is 0 Å². The van der Waals surface area contributed by atoms with E-state index in [9.17, 15) is 27.5 Å². The molecule has 0 spiro atoms. The zero-order valence-electron chi connectivity index (χ0n) is 19.1. The highest BCUT2D eigenvalue weighted by molar-refractivity contribution is 7.89. The van der Waals surface area contributed by atoms with E-state index in [0.717, 1.165) is 17.0 Å². The van der Waals surface area contributed by atoms with Crippen molar-refractivity contribution in [1.82, 2.24) is 0 Å². The molecule has 3 N–H and O–H groups in total. The van der Waals surface area contributed by atoms with Crippen LogP contribution in [0.3, 0.4) is 0 Å². The first-order valence-corrected chi connectivity index (χ1v) is 12.0. The summed E-state index contributed by atoms with van der Waals surface area (Å²) in [7, 11) is -1.20. The number of amides is 1. The van der Waals surface area contributed by atoms with E-state index in [1.807, 2.05) is 0 Å². The number of Topliss-reactive ketones (excluding diaryl/α,β-unsaturated/α-hetero) is 1. The van der Waals surface area contributed by atoms with Gasteiger partial charge in [-0.1, -0.05) is 12.1 Å². The quantitative estimate of drug-likeness (QED) is 0.294. The Balaban J connectivity index is 1.95. The molecule has 3 aromatic carbocycles. The summed E-state index contributed by atoms with van der Waals surface area (Å²) in [6, 6.07) is 13.8. The number of methoxy groups -OCH3 is 2. The molecule has 1 heterocycles. The molecule has 3 aromatic rings. The summed E-state index contributed by atoms with van der Waals surface area (Å²) in [6.45, 7) is 0. The summed E-state index contributed by atoms with van der Waals surface area (Å²) >= 11 is 0. The molecule has 0 bridgehead atoms. The number of hydrogen-bond acceptors (Lipinski definition) is 7. The van der Waals surface area contributed by atoms with Crippen molar-refractivity contribution in [3.8, 4) is 11.5 Å². The van der Waals surface area contributed by atoms with Crippen LogP contribution in [0.25, 0.3) is 5.76 Å². The van der Waals surface area contributed by atoms with Crippen LogP contribution in [0.4, 0.5) is 10.1 Å². The molecule has 186 valence electrons. The number of sulfonamides is 1. The number of carbonyl (C=O) groups is 2. The lowest BCUT2D eigenvalue weighted by molar-refractivity contribution is -0.132. The molecule has 0 aliphatic carbocycles. The molecule has 0 aromatic heterocycles. The molecule has 36 heavy (non-hydrogen) atoms. The van der Waals surface area contributed by atoms with Crippen LogP contribution in [-0.2, 0) is 19.6 Å². The van der Waals surface area contributed by atoms with Crippen LogP contribution in [-0.4, -0.2) is 39.4 Å². The number of anilines is 1. The lowest BCUT2D eigenvalue weighted by atomic mass is 9.94. The molecule has 0 saturated carbocycles. The number of ether oxygens (including phenoxy) is 2. The van der Waals surface area contributed by atoms with Gasteiger partial charge < -0.3 is 14.6 Å². The van der Waals surface area contributed by atoms with E-state index >= 15 is 0 Å². The van der Waals surface area contributed by atoms with Gasteiger partial charge in [0.2, 0.25) is 10.0 Å². The largest absolute Gasteiger partial charge is 0.507 e. The molecule has 1 amide bonds. The molecule has 1 aliphatic rings. The molecule has 1 fully saturated rings. The number of primary sulfonamides is 1. The third kappa shape index (κ3) is 4.41. The Labute approximate surface area is 206 Å². The molecule has 0 radical (unpaired) electrons. The molecule has 1 unspecified atom stereocenters. The lowest BCUT2D eigenvalue weighted by Crippen LogP contribution is -2.29. The van der Waals surface area contributed by atoms with Gasteiger partial charge in [-0.25, -0.2) is 17.9 Å². The molecule has 9 nitrogen and oxygen atoms in total. The maximum absolute atomic E-state index is 14.1. The van der Waals surface area contributed by atoms with Gasteiger partial charge in [0.1, 0.15) is 23.1 Å². The molecule has 4 rings (SSSR count). The van der Waals surface area contributed by atoms with E-state index < -0.39 is 39.3 Å². The van der Waals surface area contributed by atoms with E-state index in [1.165, 1.54) is 44.6 Å². The number of aliphatic hydroxyl groups excluding tert-OH is 1. The van der Waals surface area contributed by atoms with Gasteiger partial charge in [0.25, 0.3) is 11.7 Å². The number of rotatable bonds is 6. The Morgan fingerprint density at radius 1 is 0.972 bits per heavy atom. The highest BCUT2D eigenvalue weighted by Gasteiger charge is 2.47. The molecule has 1 saturated heterocycles. The number of benzene rings is 3. The Kier molecular flexibility index (Phi) is 6.53. The summed E-state index contributed by atoms with van der Waals surface area (Å²) in [5, 5.41) is 16.4. The smallest absolute Gasteiger partial charge is 0.300 e. The summed E-state index contributed by atoms with van der Waals surface area (Å²) in [5.41, 5.74) is 0.196. The average Bonchev–Trinajstić information content (AvgIpc) is 3.13. The lowest BCUT2D eigenvalue weighted by Gasteiger charge is -2.26. The minimum atomic E-state index is -4.00. The third-order valence-corrected chi connectivity index (χ3v) is 6.67. The Bertz CT molecular complexity index is 1480. The van der Waals surface area contributed by atoms with Crippen LogP contribution in [0.15, 0.2) is 77.2 Å². The van der Waals surface area contributed by atoms with E-state index in [1.54, 1.807) is 24.3 Å². The molecule has 11 heteroatoms. The monoisotopic (exact) mass is 512 g/mol. The maximum atomic E-state index is 14.1. The van der Waals surface area contributed by atoms with Crippen LogP contribution in [0.2, 0.25) is 0 Å². The van der Waals surface area contributed by atoms with Crippen molar-refractivity contribution in [3.63, 3.8) is 0 Å². The maximum Gasteiger partial charge on any atom is 0.300 e. The van der Waals surface area contributed by atoms with Gasteiger partial charge in [-0.2, -0.15) is 0 Å². The van der Waals surface area contributed by atoms with Gasteiger partial charge in [-0.05, 0) is 60.2 Å². The fourth-order valence-corrected chi connectivity index (χ4v) is 4.52. The zero-order chi connectivity index (χ0) is 26.2. The normalized spacial score (nSPS) is 17.3. The van der Waals surface area contributed by atoms with Crippen LogP contribution in [0.1, 0.15) is 17.2 Å². The second-order valence-electron chi connectivity index (χ2n) is 7.83.